The zero-order valence-electron chi connectivity index (χ0n) is 7.20. The van der Waals surface area contributed by atoms with E-state index in [4.69, 9.17) is 21.1 Å². The van der Waals surface area contributed by atoms with Crippen LogP contribution in [0.2, 0.25) is 5.02 Å². The topological polar surface area (TPSA) is 21.8 Å². The number of hydrogen-bond acceptors (Lipinski definition) is 2. The number of ether oxygens (including phenoxy) is 2. The lowest BCUT2D eigenvalue weighted by Gasteiger charge is -2.03. The van der Waals surface area contributed by atoms with Gasteiger partial charge in [0, 0.05) is 5.02 Å². The quantitative estimate of drug-likeness (QED) is 0.693. The summed E-state index contributed by atoms with van der Waals surface area (Å²) in [6.07, 6.45) is 0.322. The van der Waals surface area contributed by atoms with Crippen LogP contribution in [0.3, 0.4) is 0 Å². The van der Waals surface area contributed by atoms with Crippen molar-refractivity contribution in [3.8, 4) is 0 Å². The van der Waals surface area contributed by atoms with Gasteiger partial charge in [-0.3, -0.25) is 0 Å². The molecular weight excluding hydrogens is 188 g/mol. The Kier molecular flexibility index (Phi) is 2.83. The van der Waals surface area contributed by atoms with Crippen LogP contribution in [-0.2, 0) is 16.1 Å². The van der Waals surface area contributed by atoms with Gasteiger partial charge < -0.3 is 9.47 Å². The standard InChI is InChI=1S/C10H11ClO2/c11-10-4-2-1-3-8(10)5-12-6-9-7-13-9/h1-4,9H,5-7H2/t9-/m1/s1. The van der Waals surface area contributed by atoms with E-state index in [2.05, 4.69) is 0 Å². The second kappa shape index (κ2) is 4.09. The molecule has 0 bridgehead atoms. The number of halogens is 1. The van der Waals surface area contributed by atoms with E-state index in [1.165, 1.54) is 0 Å². The third kappa shape index (κ3) is 2.69. The Labute approximate surface area is 82.4 Å². The zero-order valence-corrected chi connectivity index (χ0v) is 7.96. The first-order valence-corrected chi connectivity index (χ1v) is 4.67. The highest BCUT2D eigenvalue weighted by Gasteiger charge is 2.22. The summed E-state index contributed by atoms with van der Waals surface area (Å²) in [7, 11) is 0. The van der Waals surface area contributed by atoms with Crippen LogP contribution in [-0.4, -0.2) is 19.3 Å². The van der Waals surface area contributed by atoms with Crippen molar-refractivity contribution in [2.75, 3.05) is 13.2 Å². The largest absolute Gasteiger partial charge is 0.374 e. The molecule has 2 rings (SSSR count). The van der Waals surface area contributed by atoms with Crippen LogP contribution < -0.4 is 0 Å². The maximum atomic E-state index is 5.94. The Hall–Kier alpha value is -0.570. The van der Waals surface area contributed by atoms with Crippen LogP contribution in [0.1, 0.15) is 5.56 Å². The molecule has 1 heterocycles. The predicted octanol–water partition coefficient (Wildman–Crippen LogP) is 2.26. The molecule has 0 N–H and O–H groups in total. The number of benzene rings is 1. The first-order chi connectivity index (χ1) is 6.36. The van der Waals surface area contributed by atoms with E-state index in [1.807, 2.05) is 24.3 Å². The van der Waals surface area contributed by atoms with Crippen molar-refractivity contribution in [2.24, 2.45) is 0 Å². The molecule has 0 aromatic heterocycles. The van der Waals surface area contributed by atoms with Gasteiger partial charge in [-0.05, 0) is 11.6 Å². The van der Waals surface area contributed by atoms with Gasteiger partial charge in [0.2, 0.25) is 0 Å². The molecule has 1 aliphatic heterocycles. The predicted molar refractivity (Wildman–Crippen MR) is 50.8 cm³/mol. The lowest BCUT2D eigenvalue weighted by molar-refractivity contribution is 0.104. The summed E-state index contributed by atoms with van der Waals surface area (Å²) < 4.78 is 10.4. The minimum atomic E-state index is 0.322. The highest BCUT2D eigenvalue weighted by Crippen LogP contribution is 2.16. The van der Waals surface area contributed by atoms with Gasteiger partial charge in [0.05, 0.1) is 19.8 Å². The van der Waals surface area contributed by atoms with Crippen molar-refractivity contribution in [1.29, 1.82) is 0 Å². The monoisotopic (exact) mass is 198 g/mol. The second-order valence-electron chi connectivity index (χ2n) is 3.06. The van der Waals surface area contributed by atoms with Crippen molar-refractivity contribution in [2.45, 2.75) is 12.7 Å². The van der Waals surface area contributed by atoms with Crippen molar-refractivity contribution in [3.05, 3.63) is 34.9 Å². The zero-order chi connectivity index (χ0) is 9.10. The van der Waals surface area contributed by atoms with Gasteiger partial charge in [0.25, 0.3) is 0 Å². The van der Waals surface area contributed by atoms with E-state index >= 15 is 0 Å². The van der Waals surface area contributed by atoms with Gasteiger partial charge in [0.1, 0.15) is 6.10 Å². The van der Waals surface area contributed by atoms with Gasteiger partial charge in [-0.1, -0.05) is 29.8 Å². The summed E-state index contributed by atoms with van der Waals surface area (Å²) in [5.74, 6) is 0. The van der Waals surface area contributed by atoms with Crippen LogP contribution in [0.4, 0.5) is 0 Å². The van der Waals surface area contributed by atoms with Gasteiger partial charge in [-0.25, -0.2) is 0 Å². The fourth-order valence-electron chi connectivity index (χ4n) is 1.08. The summed E-state index contributed by atoms with van der Waals surface area (Å²) in [5.41, 5.74) is 1.03. The molecule has 0 radical (unpaired) electrons. The van der Waals surface area contributed by atoms with Crippen molar-refractivity contribution in [1.82, 2.24) is 0 Å². The molecule has 3 heteroatoms. The molecule has 1 saturated heterocycles. The van der Waals surface area contributed by atoms with Crippen LogP contribution in [0, 0.1) is 0 Å². The summed E-state index contributed by atoms with van der Waals surface area (Å²) in [6, 6.07) is 7.71. The Morgan fingerprint density at radius 1 is 1.46 bits per heavy atom. The molecule has 1 atom stereocenters. The molecule has 0 unspecified atom stereocenters. The van der Waals surface area contributed by atoms with E-state index in [1.54, 1.807) is 0 Å². The minimum absolute atomic E-state index is 0.322. The minimum Gasteiger partial charge on any atom is -0.374 e. The molecule has 13 heavy (non-hydrogen) atoms. The van der Waals surface area contributed by atoms with Crippen molar-refractivity contribution in [3.63, 3.8) is 0 Å². The average molecular weight is 199 g/mol. The first-order valence-electron chi connectivity index (χ1n) is 4.29. The molecular formula is C10H11ClO2. The van der Waals surface area contributed by atoms with E-state index in [0.717, 1.165) is 17.2 Å². The maximum absolute atomic E-state index is 5.94. The summed E-state index contributed by atoms with van der Waals surface area (Å²) in [6.45, 7) is 2.08. The molecule has 1 fully saturated rings. The second-order valence-corrected chi connectivity index (χ2v) is 3.47. The molecule has 0 amide bonds. The molecule has 1 aliphatic rings. The molecule has 0 aliphatic carbocycles. The fraction of sp³-hybridized carbons (Fsp3) is 0.400. The van der Waals surface area contributed by atoms with E-state index in [0.29, 0.717) is 19.3 Å². The smallest absolute Gasteiger partial charge is 0.104 e. The number of rotatable bonds is 4. The highest BCUT2D eigenvalue weighted by atomic mass is 35.5. The lowest BCUT2D eigenvalue weighted by Crippen LogP contribution is -2.01. The Morgan fingerprint density at radius 3 is 2.92 bits per heavy atom. The third-order valence-electron chi connectivity index (χ3n) is 1.92. The van der Waals surface area contributed by atoms with Gasteiger partial charge in [-0.15, -0.1) is 0 Å². The molecule has 1 aromatic rings. The van der Waals surface area contributed by atoms with Crippen LogP contribution in [0.15, 0.2) is 24.3 Å². The summed E-state index contributed by atoms with van der Waals surface area (Å²) in [4.78, 5) is 0. The highest BCUT2D eigenvalue weighted by molar-refractivity contribution is 6.31. The average Bonchev–Trinajstić information content (AvgIpc) is 2.92. The van der Waals surface area contributed by atoms with E-state index in [9.17, 15) is 0 Å². The van der Waals surface area contributed by atoms with Gasteiger partial charge in [-0.2, -0.15) is 0 Å². The van der Waals surface area contributed by atoms with Crippen molar-refractivity contribution >= 4 is 11.6 Å². The van der Waals surface area contributed by atoms with Crippen LogP contribution in [0.25, 0.3) is 0 Å². The van der Waals surface area contributed by atoms with Gasteiger partial charge >= 0.3 is 0 Å². The molecule has 0 saturated carbocycles. The number of hydrogen-bond donors (Lipinski definition) is 0. The molecule has 1 aromatic carbocycles. The Morgan fingerprint density at radius 2 is 2.23 bits per heavy atom. The van der Waals surface area contributed by atoms with Crippen molar-refractivity contribution < 1.29 is 9.47 Å². The molecule has 70 valence electrons. The Bertz CT molecular complexity index is 284. The number of epoxide rings is 1. The fourth-order valence-corrected chi connectivity index (χ4v) is 1.27. The van der Waals surface area contributed by atoms with E-state index < -0.39 is 0 Å². The molecule has 2 nitrogen and oxygen atoms in total. The van der Waals surface area contributed by atoms with Gasteiger partial charge in [0.15, 0.2) is 0 Å². The molecule has 0 spiro atoms. The first kappa shape index (κ1) is 9.00. The Balaban J connectivity index is 1.82. The van der Waals surface area contributed by atoms with Crippen LogP contribution >= 0.6 is 11.6 Å². The van der Waals surface area contributed by atoms with E-state index in [-0.39, 0.29) is 0 Å². The summed E-state index contributed by atoms with van der Waals surface area (Å²) >= 11 is 5.94. The lowest BCUT2D eigenvalue weighted by atomic mass is 10.2. The third-order valence-corrected chi connectivity index (χ3v) is 2.29. The van der Waals surface area contributed by atoms with Crippen LogP contribution in [0.5, 0.6) is 0 Å². The maximum Gasteiger partial charge on any atom is 0.104 e. The normalized spacial score (nSPS) is 20.2. The SMILES string of the molecule is Clc1ccccc1COC[C@@H]1CO1. The summed E-state index contributed by atoms with van der Waals surface area (Å²) in [5, 5.41) is 0.763.